The van der Waals surface area contributed by atoms with Crippen molar-refractivity contribution in [3.05, 3.63) is 58.7 Å². The van der Waals surface area contributed by atoms with Gasteiger partial charge in [-0.3, -0.25) is 9.59 Å². The average Bonchev–Trinajstić information content (AvgIpc) is 3.31. The zero-order valence-electron chi connectivity index (χ0n) is 16.5. The summed E-state index contributed by atoms with van der Waals surface area (Å²) in [4.78, 5) is 26.6. The van der Waals surface area contributed by atoms with Crippen molar-refractivity contribution in [2.24, 2.45) is 0 Å². The second kappa shape index (κ2) is 6.86. The van der Waals surface area contributed by atoms with Crippen LogP contribution >= 0.6 is 0 Å². The van der Waals surface area contributed by atoms with E-state index in [2.05, 4.69) is 5.32 Å². The largest absolute Gasteiger partial charge is 0.466 e. The fraction of sp³-hybridized carbons (Fsp3) is 0.364. The van der Waals surface area contributed by atoms with E-state index < -0.39 is 0 Å². The Hall–Kier alpha value is -3.02. The van der Waals surface area contributed by atoms with Crippen molar-refractivity contribution >= 4 is 22.8 Å². The number of benzene rings is 1. The van der Waals surface area contributed by atoms with Gasteiger partial charge in [0, 0.05) is 31.0 Å². The molecule has 3 heterocycles. The fourth-order valence-corrected chi connectivity index (χ4v) is 4.00. The Morgan fingerprint density at radius 2 is 1.86 bits per heavy atom. The zero-order chi connectivity index (χ0) is 20.0. The van der Waals surface area contributed by atoms with Crippen molar-refractivity contribution in [2.45, 2.75) is 39.7 Å². The second-order valence-corrected chi connectivity index (χ2v) is 7.63. The molecule has 2 unspecified atom stereocenters. The molecule has 2 aromatic heterocycles. The zero-order valence-corrected chi connectivity index (χ0v) is 16.5. The number of rotatable bonds is 3. The predicted molar refractivity (Wildman–Crippen MR) is 105 cm³/mol. The number of hydrogen-bond acceptors (Lipinski definition) is 4. The summed E-state index contributed by atoms with van der Waals surface area (Å²) in [6.07, 6.45) is 0. The van der Waals surface area contributed by atoms with Gasteiger partial charge in [-0.1, -0.05) is 12.1 Å². The molecule has 2 atom stereocenters. The van der Waals surface area contributed by atoms with Crippen LogP contribution in [0.4, 0.5) is 0 Å². The van der Waals surface area contributed by atoms with Gasteiger partial charge in [0.05, 0.1) is 12.0 Å². The summed E-state index contributed by atoms with van der Waals surface area (Å²) >= 11 is 0. The third kappa shape index (κ3) is 3.19. The smallest absolute Gasteiger partial charge is 0.289 e. The minimum atomic E-state index is -0.195. The molecule has 4 rings (SSSR count). The Bertz CT molecular complexity index is 1060. The van der Waals surface area contributed by atoms with Crippen LogP contribution in [0, 0.1) is 20.8 Å². The molecule has 6 heteroatoms. The molecule has 6 nitrogen and oxygen atoms in total. The lowest BCUT2D eigenvalue weighted by molar-refractivity contribution is -0.119. The topological polar surface area (TPSA) is 75.7 Å². The first-order chi connectivity index (χ1) is 13.3. The van der Waals surface area contributed by atoms with Gasteiger partial charge < -0.3 is 19.1 Å². The number of hydrogen-bond donors (Lipinski definition) is 1. The van der Waals surface area contributed by atoms with E-state index in [4.69, 9.17) is 8.83 Å². The minimum absolute atomic E-state index is 0.0894. The highest BCUT2D eigenvalue weighted by Crippen LogP contribution is 2.32. The summed E-state index contributed by atoms with van der Waals surface area (Å²) in [5, 5.41) is 3.91. The Balaban J connectivity index is 1.64. The molecule has 0 bridgehead atoms. The molecular formula is C22H24N2O4. The van der Waals surface area contributed by atoms with Crippen LogP contribution in [-0.2, 0) is 4.79 Å². The van der Waals surface area contributed by atoms with Crippen molar-refractivity contribution in [3.63, 3.8) is 0 Å². The highest BCUT2D eigenvalue weighted by Gasteiger charge is 2.40. The number of fused-ring (bicyclic) bond motifs is 1. The van der Waals surface area contributed by atoms with Crippen LogP contribution in [-0.4, -0.2) is 35.8 Å². The normalized spacial score (nSPS) is 19.4. The SMILES string of the molecule is CC(=O)NC1CN(C(=O)c2oc3cc(C)ccc3c2C)CC1c1ccc(C)o1. The number of carbonyl (C=O) groups excluding carboxylic acids is 2. The first-order valence-electron chi connectivity index (χ1n) is 9.46. The van der Waals surface area contributed by atoms with Crippen LogP contribution in [0.5, 0.6) is 0 Å². The number of likely N-dealkylation sites (tertiary alicyclic amines) is 1. The van der Waals surface area contributed by atoms with Crippen molar-refractivity contribution < 1.29 is 18.4 Å². The van der Waals surface area contributed by atoms with Crippen LogP contribution < -0.4 is 5.32 Å². The molecule has 2 amide bonds. The summed E-state index contributed by atoms with van der Waals surface area (Å²) in [5.41, 5.74) is 2.64. The predicted octanol–water partition coefficient (Wildman–Crippen LogP) is 3.70. The molecule has 1 saturated heterocycles. The molecule has 3 aromatic rings. The molecule has 0 radical (unpaired) electrons. The van der Waals surface area contributed by atoms with E-state index in [-0.39, 0.29) is 23.8 Å². The van der Waals surface area contributed by atoms with Crippen molar-refractivity contribution in [1.82, 2.24) is 10.2 Å². The molecule has 146 valence electrons. The van der Waals surface area contributed by atoms with Crippen LogP contribution in [0.15, 0.2) is 39.2 Å². The van der Waals surface area contributed by atoms with Gasteiger partial charge >= 0.3 is 0 Å². The maximum absolute atomic E-state index is 13.2. The first kappa shape index (κ1) is 18.3. The monoisotopic (exact) mass is 380 g/mol. The molecule has 1 aliphatic heterocycles. The van der Waals surface area contributed by atoms with Crippen LogP contribution in [0.1, 0.15) is 46.0 Å². The first-order valence-corrected chi connectivity index (χ1v) is 9.46. The second-order valence-electron chi connectivity index (χ2n) is 7.63. The highest BCUT2D eigenvalue weighted by molar-refractivity contribution is 5.99. The van der Waals surface area contributed by atoms with Gasteiger partial charge in [-0.15, -0.1) is 0 Å². The van der Waals surface area contributed by atoms with E-state index >= 15 is 0 Å². The summed E-state index contributed by atoms with van der Waals surface area (Å²) in [7, 11) is 0. The van der Waals surface area contributed by atoms with E-state index in [0.29, 0.717) is 18.8 Å². The lowest BCUT2D eigenvalue weighted by Crippen LogP contribution is -2.39. The van der Waals surface area contributed by atoms with Gasteiger partial charge in [0.25, 0.3) is 5.91 Å². The minimum Gasteiger partial charge on any atom is -0.466 e. The van der Waals surface area contributed by atoms with Gasteiger partial charge in [-0.05, 0) is 44.5 Å². The van der Waals surface area contributed by atoms with Crippen molar-refractivity contribution in [3.8, 4) is 0 Å². The molecule has 0 aliphatic carbocycles. The highest BCUT2D eigenvalue weighted by atomic mass is 16.3. The molecule has 28 heavy (non-hydrogen) atoms. The Labute approximate surface area is 163 Å². The van der Waals surface area contributed by atoms with Crippen molar-refractivity contribution in [2.75, 3.05) is 13.1 Å². The summed E-state index contributed by atoms with van der Waals surface area (Å²) in [5.74, 6) is 1.58. The van der Waals surface area contributed by atoms with Crippen molar-refractivity contribution in [1.29, 1.82) is 0 Å². The molecular weight excluding hydrogens is 356 g/mol. The van der Waals surface area contributed by atoms with E-state index in [1.54, 1.807) is 4.90 Å². The Morgan fingerprint density at radius 1 is 1.07 bits per heavy atom. The molecule has 1 fully saturated rings. The lowest BCUT2D eigenvalue weighted by Gasteiger charge is -2.16. The maximum atomic E-state index is 13.2. The van der Waals surface area contributed by atoms with E-state index in [0.717, 1.165) is 33.6 Å². The Kier molecular flexibility index (Phi) is 4.49. The quantitative estimate of drug-likeness (QED) is 0.752. The number of furan rings is 2. The third-order valence-electron chi connectivity index (χ3n) is 5.41. The molecule has 0 saturated carbocycles. The molecule has 0 spiro atoms. The average molecular weight is 380 g/mol. The maximum Gasteiger partial charge on any atom is 0.289 e. The van der Waals surface area contributed by atoms with Crippen LogP contribution in [0.2, 0.25) is 0 Å². The molecule has 1 aliphatic rings. The van der Waals surface area contributed by atoms with E-state index in [1.165, 1.54) is 6.92 Å². The fourth-order valence-electron chi connectivity index (χ4n) is 4.00. The van der Waals surface area contributed by atoms with Gasteiger partial charge in [0.15, 0.2) is 5.76 Å². The van der Waals surface area contributed by atoms with Gasteiger partial charge in [-0.25, -0.2) is 0 Å². The van der Waals surface area contributed by atoms with Crippen LogP contribution in [0.3, 0.4) is 0 Å². The van der Waals surface area contributed by atoms with Gasteiger partial charge in [0.1, 0.15) is 17.1 Å². The number of nitrogens with zero attached hydrogens (tertiary/aromatic N) is 1. The standard InChI is InChI=1S/C22H24N2O4/c1-12-5-7-16-14(3)21(28-20(16)9-12)22(26)24-10-17(18(11-24)23-15(4)25)19-8-6-13(2)27-19/h5-9,17-18H,10-11H2,1-4H3,(H,23,25). The number of nitrogens with one attached hydrogen (secondary N) is 1. The van der Waals surface area contributed by atoms with Gasteiger partial charge in [0.2, 0.25) is 5.91 Å². The number of carbonyl (C=O) groups is 2. The van der Waals surface area contributed by atoms with E-state index in [1.807, 2.05) is 51.1 Å². The van der Waals surface area contributed by atoms with E-state index in [9.17, 15) is 9.59 Å². The van der Waals surface area contributed by atoms with Crippen LogP contribution in [0.25, 0.3) is 11.0 Å². The third-order valence-corrected chi connectivity index (χ3v) is 5.41. The lowest BCUT2D eigenvalue weighted by atomic mass is 10.0. The summed E-state index contributed by atoms with van der Waals surface area (Å²) < 4.78 is 11.7. The number of amides is 2. The summed E-state index contributed by atoms with van der Waals surface area (Å²) in [6.45, 7) is 8.15. The summed E-state index contributed by atoms with van der Waals surface area (Å²) in [6, 6.07) is 9.56. The number of aryl methyl sites for hydroxylation is 3. The Morgan fingerprint density at radius 3 is 2.54 bits per heavy atom. The molecule has 1 aromatic carbocycles. The van der Waals surface area contributed by atoms with Gasteiger partial charge in [-0.2, -0.15) is 0 Å². The molecule has 1 N–H and O–H groups in total.